The molecule has 1 aromatic heterocycles. The Kier molecular flexibility index (Phi) is 2.53. The number of nitrogens with zero attached hydrogens (tertiary/aromatic N) is 1. The predicted octanol–water partition coefficient (Wildman–Crippen LogP) is 2.08. The third-order valence-corrected chi connectivity index (χ3v) is 3.33. The summed E-state index contributed by atoms with van der Waals surface area (Å²) in [5.41, 5.74) is 4.21. The van der Waals surface area contributed by atoms with Gasteiger partial charge in [0.25, 0.3) is 0 Å². The van der Waals surface area contributed by atoms with E-state index in [1.807, 2.05) is 6.07 Å². The third-order valence-electron chi connectivity index (χ3n) is 3.03. The van der Waals surface area contributed by atoms with E-state index < -0.39 is 0 Å². The number of fused-ring (bicyclic) bond motifs is 1. The van der Waals surface area contributed by atoms with Crippen LogP contribution in [0.1, 0.15) is 11.3 Å². The molecule has 1 aliphatic heterocycles. The normalized spacial score (nSPS) is 14.6. The maximum Gasteiger partial charge on any atom is 0.134 e. The molecule has 3 rings (SSSR count). The van der Waals surface area contributed by atoms with Gasteiger partial charge in [0.05, 0.1) is 10.7 Å². The van der Waals surface area contributed by atoms with E-state index in [1.165, 1.54) is 11.3 Å². The first kappa shape index (κ1) is 10.6. The van der Waals surface area contributed by atoms with Crippen molar-refractivity contribution < 1.29 is 5.11 Å². The monoisotopic (exact) mass is 249 g/mol. The highest BCUT2D eigenvalue weighted by Crippen LogP contribution is 2.31. The van der Waals surface area contributed by atoms with Gasteiger partial charge in [-0.1, -0.05) is 11.6 Å². The van der Waals surface area contributed by atoms with Crippen LogP contribution in [0.5, 0.6) is 5.75 Å². The van der Waals surface area contributed by atoms with Crippen LogP contribution in [0.25, 0.3) is 11.3 Å². The lowest BCUT2D eigenvalue weighted by atomic mass is 10.0. The lowest BCUT2D eigenvalue weighted by molar-refractivity contribution is 0.475. The van der Waals surface area contributed by atoms with Gasteiger partial charge >= 0.3 is 0 Å². The van der Waals surface area contributed by atoms with Gasteiger partial charge in [0.1, 0.15) is 5.75 Å². The van der Waals surface area contributed by atoms with Crippen molar-refractivity contribution in [2.24, 2.45) is 0 Å². The van der Waals surface area contributed by atoms with E-state index >= 15 is 0 Å². The van der Waals surface area contributed by atoms with E-state index in [9.17, 15) is 5.11 Å². The average molecular weight is 250 g/mol. The topological polar surface area (TPSA) is 60.9 Å². The van der Waals surface area contributed by atoms with Crippen molar-refractivity contribution in [3.8, 4) is 17.0 Å². The fourth-order valence-corrected chi connectivity index (χ4v) is 2.30. The van der Waals surface area contributed by atoms with E-state index in [2.05, 4.69) is 15.5 Å². The quantitative estimate of drug-likeness (QED) is 0.725. The molecule has 2 heterocycles. The summed E-state index contributed by atoms with van der Waals surface area (Å²) in [6, 6.07) is 5.16. The van der Waals surface area contributed by atoms with Gasteiger partial charge in [-0.2, -0.15) is 5.10 Å². The zero-order valence-corrected chi connectivity index (χ0v) is 9.88. The number of phenols is 1. The van der Waals surface area contributed by atoms with Crippen molar-refractivity contribution in [2.75, 3.05) is 6.54 Å². The number of benzene rings is 1. The Hall–Kier alpha value is -1.52. The van der Waals surface area contributed by atoms with E-state index in [-0.39, 0.29) is 5.75 Å². The summed E-state index contributed by atoms with van der Waals surface area (Å²) in [5, 5.41) is 20.5. The average Bonchev–Trinajstić information content (AvgIpc) is 2.76. The molecule has 0 aliphatic carbocycles. The van der Waals surface area contributed by atoms with Crippen LogP contribution in [-0.4, -0.2) is 21.8 Å². The van der Waals surface area contributed by atoms with Gasteiger partial charge in [-0.25, -0.2) is 0 Å². The number of H-pyrrole nitrogens is 1. The molecular weight excluding hydrogens is 238 g/mol. The van der Waals surface area contributed by atoms with Crippen LogP contribution >= 0.6 is 11.6 Å². The van der Waals surface area contributed by atoms with Crippen molar-refractivity contribution in [2.45, 2.75) is 13.0 Å². The largest absolute Gasteiger partial charge is 0.506 e. The molecule has 5 heteroatoms. The maximum atomic E-state index is 9.41. The van der Waals surface area contributed by atoms with Gasteiger partial charge in [-0.05, 0) is 18.2 Å². The second-order valence-electron chi connectivity index (χ2n) is 4.12. The molecule has 4 nitrogen and oxygen atoms in total. The molecule has 0 saturated heterocycles. The Bertz CT molecular complexity index is 565. The highest BCUT2D eigenvalue weighted by molar-refractivity contribution is 6.32. The Morgan fingerprint density at radius 3 is 3.06 bits per heavy atom. The van der Waals surface area contributed by atoms with Crippen molar-refractivity contribution in [3.05, 3.63) is 34.5 Å². The molecule has 17 heavy (non-hydrogen) atoms. The van der Waals surface area contributed by atoms with Crippen molar-refractivity contribution in [3.63, 3.8) is 0 Å². The van der Waals surface area contributed by atoms with Crippen LogP contribution < -0.4 is 5.32 Å². The summed E-state index contributed by atoms with van der Waals surface area (Å²) in [7, 11) is 0. The second-order valence-corrected chi connectivity index (χ2v) is 4.53. The summed E-state index contributed by atoms with van der Waals surface area (Å²) in [6.07, 6.45) is 0.966. The molecule has 0 saturated carbocycles. The first-order valence-electron chi connectivity index (χ1n) is 5.51. The number of hydrogen-bond acceptors (Lipinski definition) is 3. The lowest BCUT2D eigenvalue weighted by Gasteiger charge is -2.13. The molecule has 1 aliphatic rings. The molecule has 0 spiro atoms. The predicted molar refractivity (Wildman–Crippen MR) is 66.1 cm³/mol. The highest BCUT2D eigenvalue weighted by Gasteiger charge is 2.17. The number of halogens is 1. The SMILES string of the molecule is Oc1ccc(-c2n[nH]c3c2CNCC3)cc1Cl. The number of rotatable bonds is 1. The number of hydrogen-bond donors (Lipinski definition) is 3. The van der Waals surface area contributed by atoms with Crippen molar-refractivity contribution in [1.29, 1.82) is 0 Å². The van der Waals surface area contributed by atoms with Crippen molar-refractivity contribution >= 4 is 11.6 Å². The van der Waals surface area contributed by atoms with Crippen LogP contribution in [-0.2, 0) is 13.0 Å². The van der Waals surface area contributed by atoms with E-state index in [0.29, 0.717) is 5.02 Å². The van der Waals surface area contributed by atoms with Crippen LogP contribution in [0.15, 0.2) is 18.2 Å². The number of aromatic amines is 1. The highest BCUT2D eigenvalue weighted by atomic mass is 35.5. The van der Waals surface area contributed by atoms with Crippen LogP contribution in [0.3, 0.4) is 0 Å². The Morgan fingerprint density at radius 2 is 2.24 bits per heavy atom. The minimum absolute atomic E-state index is 0.0953. The van der Waals surface area contributed by atoms with E-state index in [0.717, 1.165) is 30.8 Å². The number of phenolic OH excluding ortho intramolecular Hbond substituents is 1. The van der Waals surface area contributed by atoms with Gasteiger partial charge in [0, 0.05) is 36.3 Å². The van der Waals surface area contributed by atoms with Gasteiger partial charge in [-0.15, -0.1) is 0 Å². The lowest BCUT2D eigenvalue weighted by Crippen LogP contribution is -2.23. The number of aromatic nitrogens is 2. The molecule has 0 radical (unpaired) electrons. The molecule has 0 unspecified atom stereocenters. The summed E-state index contributed by atoms with van der Waals surface area (Å²) in [5.74, 6) is 0.0953. The van der Waals surface area contributed by atoms with Gasteiger partial charge < -0.3 is 10.4 Å². The molecule has 88 valence electrons. The van der Waals surface area contributed by atoms with Gasteiger partial charge in [-0.3, -0.25) is 5.10 Å². The summed E-state index contributed by atoms with van der Waals surface area (Å²) in [4.78, 5) is 0. The zero-order valence-electron chi connectivity index (χ0n) is 9.13. The molecule has 3 N–H and O–H groups in total. The fraction of sp³-hybridized carbons (Fsp3) is 0.250. The van der Waals surface area contributed by atoms with Crippen molar-refractivity contribution in [1.82, 2.24) is 15.5 Å². The molecule has 0 amide bonds. The summed E-state index contributed by atoms with van der Waals surface area (Å²) < 4.78 is 0. The van der Waals surface area contributed by atoms with E-state index in [1.54, 1.807) is 12.1 Å². The first-order valence-corrected chi connectivity index (χ1v) is 5.89. The minimum Gasteiger partial charge on any atom is -0.506 e. The van der Waals surface area contributed by atoms with Crippen LogP contribution in [0, 0.1) is 0 Å². The summed E-state index contributed by atoms with van der Waals surface area (Å²) >= 11 is 5.91. The van der Waals surface area contributed by atoms with E-state index in [4.69, 9.17) is 11.6 Å². The minimum atomic E-state index is 0.0953. The molecule has 0 fully saturated rings. The van der Waals surface area contributed by atoms with Gasteiger partial charge in [0.2, 0.25) is 0 Å². The third kappa shape index (κ3) is 1.79. The van der Waals surface area contributed by atoms with Crippen LogP contribution in [0.2, 0.25) is 5.02 Å². The Morgan fingerprint density at radius 1 is 1.35 bits per heavy atom. The van der Waals surface area contributed by atoms with Gasteiger partial charge in [0.15, 0.2) is 0 Å². The molecule has 2 aromatic rings. The first-order chi connectivity index (χ1) is 8.25. The smallest absolute Gasteiger partial charge is 0.134 e. The molecule has 1 aromatic carbocycles. The standard InChI is InChI=1S/C12H12ClN3O/c13-9-5-7(1-2-11(9)17)12-8-6-14-4-3-10(8)15-16-12/h1-2,5,14,17H,3-4,6H2,(H,15,16). The maximum absolute atomic E-state index is 9.41. The van der Waals surface area contributed by atoms with Crippen LogP contribution in [0.4, 0.5) is 0 Å². The Labute approximate surface area is 104 Å². The zero-order chi connectivity index (χ0) is 11.8. The second kappa shape index (κ2) is 4.05. The molecule has 0 atom stereocenters. The molecule has 0 bridgehead atoms. The Balaban J connectivity index is 2.09. The number of aromatic hydroxyl groups is 1. The summed E-state index contributed by atoms with van der Waals surface area (Å²) in [6.45, 7) is 1.80. The number of nitrogens with one attached hydrogen (secondary N) is 2. The fourth-order valence-electron chi connectivity index (χ4n) is 2.12. The molecular formula is C12H12ClN3O.